The minimum absolute atomic E-state index is 0.103. The molecule has 0 spiro atoms. The van der Waals surface area contributed by atoms with Gasteiger partial charge in [-0.25, -0.2) is 17.2 Å². The number of benzene rings is 1. The number of carbonyl (C=O) groups is 1. The van der Waals surface area contributed by atoms with Gasteiger partial charge in [0.2, 0.25) is 15.9 Å². The van der Waals surface area contributed by atoms with Crippen LogP contribution in [0.1, 0.15) is 20.8 Å². The van der Waals surface area contributed by atoms with Gasteiger partial charge in [-0.05, 0) is 25.0 Å². The predicted molar refractivity (Wildman–Crippen MR) is 81.0 cm³/mol. The van der Waals surface area contributed by atoms with Crippen molar-refractivity contribution < 1.29 is 22.0 Å². The van der Waals surface area contributed by atoms with Gasteiger partial charge in [0.25, 0.3) is 0 Å². The minimum Gasteiger partial charge on any atom is -0.352 e. The van der Waals surface area contributed by atoms with Crippen LogP contribution in [0.25, 0.3) is 0 Å². The van der Waals surface area contributed by atoms with Crippen LogP contribution in [0.5, 0.6) is 0 Å². The first-order valence-electron chi connectivity index (χ1n) is 6.74. The number of sulfonamides is 1. The summed E-state index contributed by atoms with van der Waals surface area (Å²) >= 11 is 0. The van der Waals surface area contributed by atoms with Crippen molar-refractivity contribution in [3.05, 3.63) is 29.8 Å². The Bertz CT molecular complexity index is 647. The number of nitrogens with one attached hydrogen (secondary N) is 1. The van der Waals surface area contributed by atoms with E-state index in [2.05, 4.69) is 5.32 Å². The molecule has 22 heavy (non-hydrogen) atoms. The molecule has 0 saturated carbocycles. The molecule has 0 heterocycles. The number of rotatable bonds is 6. The Morgan fingerprint density at radius 3 is 2.27 bits per heavy atom. The Hall–Kier alpha value is -1.70. The molecule has 124 valence electrons. The van der Waals surface area contributed by atoms with Gasteiger partial charge in [-0.15, -0.1) is 0 Å². The van der Waals surface area contributed by atoms with Crippen LogP contribution in [0, 0.1) is 17.6 Å². The zero-order valence-electron chi connectivity index (χ0n) is 12.9. The van der Waals surface area contributed by atoms with Gasteiger partial charge in [0, 0.05) is 12.1 Å². The summed E-state index contributed by atoms with van der Waals surface area (Å²) in [4.78, 5) is 12.0. The van der Waals surface area contributed by atoms with Crippen LogP contribution >= 0.6 is 0 Å². The zero-order valence-corrected chi connectivity index (χ0v) is 13.7. The van der Waals surface area contributed by atoms with Crippen LogP contribution in [0.4, 0.5) is 14.5 Å². The Morgan fingerprint density at radius 1 is 1.23 bits per heavy atom. The van der Waals surface area contributed by atoms with Crippen LogP contribution in [0.15, 0.2) is 18.2 Å². The maximum Gasteiger partial charge on any atom is 0.240 e. The van der Waals surface area contributed by atoms with E-state index < -0.39 is 34.1 Å². The highest BCUT2D eigenvalue weighted by Gasteiger charge is 2.23. The largest absolute Gasteiger partial charge is 0.352 e. The highest BCUT2D eigenvalue weighted by atomic mass is 32.2. The lowest BCUT2D eigenvalue weighted by Crippen LogP contribution is -2.44. The fraction of sp³-hybridized carbons (Fsp3) is 0.500. The maximum absolute atomic E-state index is 13.3. The van der Waals surface area contributed by atoms with Gasteiger partial charge in [-0.2, -0.15) is 0 Å². The van der Waals surface area contributed by atoms with Crippen LogP contribution in [0.2, 0.25) is 0 Å². The van der Waals surface area contributed by atoms with E-state index in [1.54, 1.807) is 6.92 Å². The summed E-state index contributed by atoms with van der Waals surface area (Å²) in [5.41, 5.74) is -0.103. The average molecular weight is 334 g/mol. The molecule has 1 amide bonds. The predicted octanol–water partition coefficient (Wildman–Crippen LogP) is 1.89. The van der Waals surface area contributed by atoms with Crippen LogP contribution < -0.4 is 9.62 Å². The third kappa shape index (κ3) is 4.94. The van der Waals surface area contributed by atoms with Gasteiger partial charge in [-0.3, -0.25) is 9.10 Å². The molecule has 1 atom stereocenters. The lowest BCUT2D eigenvalue weighted by Gasteiger charge is -2.24. The van der Waals surface area contributed by atoms with Crippen molar-refractivity contribution in [2.75, 3.05) is 17.1 Å². The lowest BCUT2D eigenvalue weighted by molar-refractivity contribution is -0.120. The fourth-order valence-electron chi connectivity index (χ4n) is 1.64. The molecule has 1 aromatic rings. The van der Waals surface area contributed by atoms with Gasteiger partial charge >= 0.3 is 0 Å². The summed E-state index contributed by atoms with van der Waals surface area (Å²) in [5, 5.41) is 2.66. The van der Waals surface area contributed by atoms with Crippen LogP contribution in [-0.2, 0) is 14.8 Å². The molecule has 0 aromatic heterocycles. The molecule has 0 aliphatic carbocycles. The number of anilines is 1. The second kappa shape index (κ2) is 7.04. The van der Waals surface area contributed by atoms with E-state index in [-0.39, 0.29) is 17.6 Å². The van der Waals surface area contributed by atoms with E-state index in [9.17, 15) is 22.0 Å². The summed E-state index contributed by atoms with van der Waals surface area (Å²) in [6.07, 6.45) is 0.896. The Morgan fingerprint density at radius 2 is 1.82 bits per heavy atom. The first-order chi connectivity index (χ1) is 10.0. The molecule has 1 N–H and O–H groups in total. The van der Waals surface area contributed by atoms with E-state index in [1.165, 1.54) is 0 Å². The highest BCUT2D eigenvalue weighted by Crippen LogP contribution is 2.20. The van der Waals surface area contributed by atoms with E-state index >= 15 is 0 Å². The van der Waals surface area contributed by atoms with E-state index in [0.29, 0.717) is 0 Å². The third-order valence-corrected chi connectivity index (χ3v) is 4.41. The fourth-order valence-corrected chi connectivity index (χ4v) is 2.49. The normalized spacial score (nSPS) is 13.0. The van der Waals surface area contributed by atoms with Crippen molar-refractivity contribution in [3.8, 4) is 0 Å². The molecule has 1 rings (SSSR count). The number of amides is 1. The molecule has 0 fully saturated rings. The lowest BCUT2D eigenvalue weighted by atomic mass is 10.1. The molecule has 0 aliphatic heterocycles. The molecule has 8 heteroatoms. The third-order valence-electron chi connectivity index (χ3n) is 3.27. The summed E-state index contributed by atoms with van der Waals surface area (Å²) < 4.78 is 50.6. The second-order valence-corrected chi connectivity index (χ2v) is 7.38. The Balaban J connectivity index is 3.00. The monoisotopic (exact) mass is 334 g/mol. The molecule has 0 bridgehead atoms. The first kappa shape index (κ1) is 18.3. The summed E-state index contributed by atoms with van der Waals surface area (Å²) in [6, 6.07) is 2.53. The van der Waals surface area contributed by atoms with E-state index in [1.807, 2.05) is 13.8 Å². The zero-order chi connectivity index (χ0) is 17.1. The van der Waals surface area contributed by atoms with E-state index in [4.69, 9.17) is 0 Å². The van der Waals surface area contributed by atoms with Gasteiger partial charge in [-0.1, -0.05) is 13.8 Å². The standard InChI is InChI=1S/C14H20F2N2O3S/c1-9(2)10(3)17-14(19)8-18(22(4,20)21)11-5-6-12(15)13(16)7-11/h5-7,9-10H,8H2,1-4H3,(H,17,19)/t10-/m1/s1. The number of hydrogen-bond donors (Lipinski definition) is 1. The van der Waals surface area contributed by atoms with Crippen molar-refractivity contribution in [1.82, 2.24) is 5.32 Å². The molecule has 1 aromatic carbocycles. The van der Waals surface area contributed by atoms with Gasteiger partial charge in [0.1, 0.15) is 6.54 Å². The van der Waals surface area contributed by atoms with Gasteiger partial charge < -0.3 is 5.32 Å². The molecular formula is C14H20F2N2O3S. The first-order valence-corrected chi connectivity index (χ1v) is 8.59. The summed E-state index contributed by atoms with van der Waals surface area (Å²) in [7, 11) is -3.82. The van der Waals surface area contributed by atoms with Gasteiger partial charge in [0.05, 0.1) is 11.9 Å². The maximum atomic E-state index is 13.3. The molecule has 5 nitrogen and oxygen atoms in total. The van der Waals surface area contributed by atoms with Crippen molar-refractivity contribution >= 4 is 21.6 Å². The SMILES string of the molecule is CC(C)[C@@H](C)NC(=O)CN(c1ccc(F)c(F)c1)S(C)(=O)=O. The molecule has 0 aliphatic rings. The smallest absolute Gasteiger partial charge is 0.240 e. The number of nitrogens with zero attached hydrogens (tertiary/aromatic N) is 1. The summed E-state index contributed by atoms with van der Waals surface area (Å²) in [5.74, 6) is -2.60. The number of halogens is 2. The van der Waals surface area contributed by atoms with Crippen LogP contribution in [-0.4, -0.2) is 33.2 Å². The Labute approximate surface area is 129 Å². The van der Waals surface area contributed by atoms with Crippen molar-refractivity contribution in [2.24, 2.45) is 5.92 Å². The average Bonchev–Trinajstić information content (AvgIpc) is 2.38. The quantitative estimate of drug-likeness (QED) is 0.864. The molecule has 0 unspecified atom stereocenters. The van der Waals surface area contributed by atoms with Gasteiger partial charge in [0.15, 0.2) is 11.6 Å². The van der Waals surface area contributed by atoms with Crippen molar-refractivity contribution in [3.63, 3.8) is 0 Å². The summed E-state index contributed by atoms with van der Waals surface area (Å²) in [6.45, 7) is 5.12. The topological polar surface area (TPSA) is 66.5 Å². The van der Waals surface area contributed by atoms with Crippen molar-refractivity contribution in [1.29, 1.82) is 0 Å². The minimum atomic E-state index is -3.82. The number of hydrogen-bond acceptors (Lipinski definition) is 3. The van der Waals surface area contributed by atoms with Crippen LogP contribution in [0.3, 0.4) is 0 Å². The van der Waals surface area contributed by atoms with Crippen molar-refractivity contribution in [2.45, 2.75) is 26.8 Å². The number of carbonyl (C=O) groups excluding carboxylic acids is 1. The molecular weight excluding hydrogens is 314 g/mol. The highest BCUT2D eigenvalue weighted by molar-refractivity contribution is 7.92. The molecule has 0 radical (unpaired) electrons. The second-order valence-electron chi connectivity index (χ2n) is 5.47. The van der Waals surface area contributed by atoms with E-state index in [0.717, 1.165) is 28.8 Å². The Kier molecular flexibility index (Phi) is 5.87. The molecule has 0 saturated heterocycles.